The highest BCUT2D eigenvalue weighted by Crippen LogP contribution is 2.45. The zero-order chi connectivity index (χ0) is 15.6. The van der Waals surface area contributed by atoms with E-state index < -0.39 is 11.4 Å². The van der Waals surface area contributed by atoms with Gasteiger partial charge >= 0.3 is 5.97 Å². The molecule has 0 spiro atoms. The first-order chi connectivity index (χ1) is 9.98. The molecule has 0 aromatic heterocycles. The first kappa shape index (κ1) is 16.8. The van der Waals surface area contributed by atoms with E-state index in [-0.39, 0.29) is 0 Å². The van der Waals surface area contributed by atoms with Crippen molar-refractivity contribution < 1.29 is 9.90 Å². The Morgan fingerprint density at radius 2 is 1.76 bits per heavy atom. The second-order valence-corrected chi connectivity index (χ2v) is 7.31. The molecule has 122 valence electrons. The Hall–Kier alpha value is -0.610. The van der Waals surface area contributed by atoms with Crippen LogP contribution in [0.3, 0.4) is 0 Å². The van der Waals surface area contributed by atoms with Crippen LogP contribution < -0.4 is 0 Å². The van der Waals surface area contributed by atoms with Gasteiger partial charge in [-0.25, -0.2) is 0 Å². The third-order valence-corrected chi connectivity index (χ3v) is 5.65. The molecular formula is C17H32N2O2. The van der Waals surface area contributed by atoms with Crippen LogP contribution in [0.15, 0.2) is 0 Å². The van der Waals surface area contributed by atoms with E-state index >= 15 is 0 Å². The summed E-state index contributed by atoms with van der Waals surface area (Å²) in [6.45, 7) is 10.8. The minimum atomic E-state index is -0.613. The van der Waals surface area contributed by atoms with Gasteiger partial charge in [0.15, 0.2) is 0 Å². The normalized spacial score (nSPS) is 37.9. The number of carboxylic acids is 1. The van der Waals surface area contributed by atoms with E-state index in [4.69, 9.17) is 0 Å². The molecule has 1 unspecified atom stereocenters. The lowest BCUT2D eigenvalue weighted by Crippen LogP contribution is -2.58. The first-order valence-electron chi connectivity index (χ1n) is 8.64. The van der Waals surface area contributed by atoms with Gasteiger partial charge < -0.3 is 14.9 Å². The summed E-state index contributed by atoms with van der Waals surface area (Å²) < 4.78 is 0. The first-order valence-corrected chi connectivity index (χ1v) is 8.64. The van der Waals surface area contributed by atoms with Crippen LogP contribution in [0.2, 0.25) is 0 Å². The van der Waals surface area contributed by atoms with Crippen LogP contribution in [-0.4, -0.2) is 60.1 Å². The fraction of sp³-hybridized carbons (Fsp3) is 0.941. The predicted octanol–water partition coefficient (Wildman–Crippen LogP) is 2.54. The number of aliphatic carboxylic acids is 1. The Labute approximate surface area is 129 Å². The highest BCUT2D eigenvalue weighted by atomic mass is 16.4. The van der Waals surface area contributed by atoms with Crippen molar-refractivity contribution in [3.63, 3.8) is 0 Å². The summed E-state index contributed by atoms with van der Waals surface area (Å²) in [6, 6.07) is 0.529. The molecule has 0 bridgehead atoms. The van der Waals surface area contributed by atoms with Crippen LogP contribution in [0, 0.1) is 17.3 Å². The average Bonchev–Trinajstić information content (AvgIpc) is 2.42. The van der Waals surface area contributed by atoms with Crippen LogP contribution in [0.4, 0.5) is 0 Å². The topological polar surface area (TPSA) is 43.8 Å². The van der Waals surface area contributed by atoms with Crippen molar-refractivity contribution in [1.29, 1.82) is 0 Å². The molecule has 4 nitrogen and oxygen atoms in total. The van der Waals surface area contributed by atoms with Crippen LogP contribution in [0.25, 0.3) is 0 Å². The largest absolute Gasteiger partial charge is 0.481 e. The lowest BCUT2D eigenvalue weighted by Gasteiger charge is -2.52. The minimum absolute atomic E-state index is 0.450. The van der Waals surface area contributed by atoms with E-state index in [0.29, 0.717) is 6.04 Å². The summed E-state index contributed by atoms with van der Waals surface area (Å²) in [7, 11) is 2.20. The van der Waals surface area contributed by atoms with E-state index in [1.165, 1.54) is 39.0 Å². The van der Waals surface area contributed by atoms with E-state index in [0.717, 1.165) is 24.7 Å². The molecule has 1 saturated carbocycles. The maximum absolute atomic E-state index is 11.2. The number of piperidine rings is 1. The second-order valence-electron chi connectivity index (χ2n) is 7.31. The third-order valence-electron chi connectivity index (χ3n) is 5.65. The number of carbonyl (C=O) groups is 1. The van der Waals surface area contributed by atoms with Gasteiger partial charge in [0.1, 0.15) is 0 Å². The van der Waals surface area contributed by atoms with Gasteiger partial charge in [-0.1, -0.05) is 13.8 Å². The van der Waals surface area contributed by atoms with Crippen molar-refractivity contribution in [2.24, 2.45) is 17.3 Å². The molecule has 2 saturated heterocycles. The van der Waals surface area contributed by atoms with Gasteiger partial charge in [-0.05, 0) is 58.0 Å². The molecule has 0 aromatic rings. The van der Waals surface area contributed by atoms with Gasteiger partial charge in [-0.3, -0.25) is 4.79 Å². The molecule has 3 rings (SSSR count). The van der Waals surface area contributed by atoms with E-state index in [9.17, 15) is 9.90 Å². The average molecular weight is 296 g/mol. The summed E-state index contributed by atoms with van der Waals surface area (Å²) in [5.41, 5.74) is -0.450. The molecule has 2 aliphatic heterocycles. The summed E-state index contributed by atoms with van der Waals surface area (Å²) in [6.07, 6.45) is 4.36. The standard InChI is InChI=1S/C15H26N2O2.C2H6/c1-15(14(18)19)6-13(7-15)17-5-3-4-11(10-17)12-8-16(2)9-12;1-2/h11-13H,3-10H2,1-2H3,(H,18,19);1-2H3. The van der Waals surface area contributed by atoms with Crippen molar-refractivity contribution in [1.82, 2.24) is 9.80 Å². The van der Waals surface area contributed by atoms with Gasteiger partial charge in [0.05, 0.1) is 5.41 Å². The molecule has 3 fully saturated rings. The number of nitrogens with zero attached hydrogens (tertiary/aromatic N) is 2. The molecular weight excluding hydrogens is 264 g/mol. The summed E-state index contributed by atoms with van der Waals surface area (Å²) in [5.74, 6) is 1.12. The molecule has 2 heterocycles. The molecule has 3 aliphatic rings. The number of likely N-dealkylation sites (tertiary alicyclic amines) is 2. The summed E-state index contributed by atoms with van der Waals surface area (Å²) >= 11 is 0. The fourth-order valence-corrected chi connectivity index (χ4v) is 4.22. The van der Waals surface area contributed by atoms with Crippen LogP contribution in [0.5, 0.6) is 0 Å². The lowest BCUT2D eigenvalue weighted by molar-refractivity contribution is -0.158. The van der Waals surface area contributed by atoms with Crippen molar-refractivity contribution in [3.05, 3.63) is 0 Å². The Morgan fingerprint density at radius 3 is 2.29 bits per heavy atom. The van der Waals surface area contributed by atoms with Gasteiger partial charge in [-0.2, -0.15) is 0 Å². The van der Waals surface area contributed by atoms with Crippen molar-refractivity contribution in [2.75, 3.05) is 33.2 Å². The van der Waals surface area contributed by atoms with E-state index in [2.05, 4.69) is 16.8 Å². The molecule has 1 aliphatic carbocycles. The zero-order valence-electron chi connectivity index (χ0n) is 14.1. The fourth-order valence-electron chi connectivity index (χ4n) is 4.22. The Kier molecular flexibility index (Phi) is 5.31. The third kappa shape index (κ3) is 3.42. The summed E-state index contributed by atoms with van der Waals surface area (Å²) in [5, 5.41) is 9.20. The molecule has 0 amide bonds. The number of hydrogen-bond acceptors (Lipinski definition) is 3. The van der Waals surface area contributed by atoms with Gasteiger partial charge in [0.2, 0.25) is 0 Å². The lowest BCUT2D eigenvalue weighted by atomic mass is 9.65. The highest BCUT2D eigenvalue weighted by molar-refractivity contribution is 5.75. The van der Waals surface area contributed by atoms with E-state index in [1.807, 2.05) is 20.8 Å². The number of hydrogen-bond donors (Lipinski definition) is 1. The van der Waals surface area contributed by atoms with Gasteiger partial charge in [0, 0.05) is 25.7 Å². The maximum Gasteiger partial charge on any atom is 0.309 e. The maximum atomic E-state index is 11.2. The smallest absolute Gasteiger partial charge is 0.309 e. The van der Waals surface area contributed by atoms with Crippen molar-refractivity contribution in [2.45, 2.75) is 52.5 Å². The quantitative estimate of drug-likeness (QED) is 0.869. The van der Waals surface area contributed by atoms with Crippen LogP contribution in [0.1, 0.15) is 46.5 Å². The Balaban J connectivity index is 0.000000774. The highest BCUT2D eigenvalue weighted by Gasteiger charge is 2.49. The Morgan fingerprint density at radius 1 is 1.14 bits per heavy atom. The second kappa shape index (κ2) is 6.66. The van der Waals surface area contributed by atoms with E-state index in [1.54, 1.807) is 0 Å². The molecule has 1 N–H and O–H groups in total. The monoisotopic (exact) mass is 296 g/mol. The van der Waals surface area contributed by atoms with Crippen molar-refractivity contribution in [3.8, 4) is 0 Å². The van der Waals surface area contributed by atoms with Gasteiger partial charge in [0.25, 0.3) is 0 Å². The zero-order valence-corrected chi connectivity index (χ0v) is 14.1. The predicted molar refractivity (Wildman–Crippen MR) is 85.4 cm³/mol. The Bertz CT molecular complexity index is 360. The number of rotatable bonds is 3. The van der Waals surface area contributed by atoms with Crippen molar-refractivity contribution >= 4 is 5.97 Å². The molecule has 1 atom stereocenters. The van der Waals surface area contributed by atoms with Gasteiger partial charge in [-0.15, -0.1) is 0 Å². The number of carboxylic acid groups (broad SMARTS) is 1. The SMILES string of the molecule is CC.CN1CC(C2CCCN(C3CC(C)(C(=O)O)C3)C2)C1. The van der Waals surface area contributed by atoms with Crippen LogP contribution in [-0.2, 0) is 4.79 Å². The molecule has 0 radical (unpaired) electrons. The van der Waals surface area contributed by atoms with Crippen LogP contribution >= 0.6 is 0 Å². The minimum Gasteiger partial charge on any atom is -0.481 e. The molecule has 4 heteroatoms. The molecule has 21 heavy (non-hydrogen) atoms. The molecule has 0 aromatic carbocycles. The summed E-state index contributed by atoms with van der Waals surface area (Å²) in [4.78, 5) is 16.1.